The van der Waals surface area contributed by atoms with Crippen LogP contribution in [0.15, 0.2) is 21.9 Å². The Kier molecular flexibility index (Phi) is 34.0. The van der Waals surface area contributed by atoms with Gasteiger partial charge in [0.15, 0.2) is 23.0 Å². The molecule has 8 nitrogen and oxygen atoms in total. The molecule has 0 spiro atoms. The molecule has 0 radical (unpaired) electrons. The minimum absolute atomic E-state index is 0.134. The monoisotopic (exact) mass is 985 g/mol. The standard InChI is InChI=1S/C60H104O8S/c1-7-13-19-25-31-37-43-63-51-49-53(65-45-39-33-27-21-15-9-3)59-55(57(51)67-47-41-35-29-23-17-11-5)56-58(68-48-42-36-30-24-18-12-6)52(64-44-38-32-26-20-14-8-2)50-54(60(56)69(59,61)62)66-46-40-34-28-22-16-10-4/h49-50H,7-48H2,1-6H3. The van der Waals surface area contributed by atoms with Gasteiger partial charge in [-0.2, -0.15) is 0 Å². The van der Waals surface area contributed by atoms with Gasteiger partial charge in [0.1, 0.15) is 21.3 Å². The second-order valence-corrected chi connectivity index (χ2v) is 21.8. The number of hydrogen-bond donors (Lipinski definition) is 0. The van der Waals surface area contributed by atoms with Crippen molar-refractivity contribution >= 4 is 9.84 Å². The van der Waals surface area contributed by atoms with Gasteiger partial charge in [-0.05, 0) is 38.5 Å². The van der Waals surface area contributed by atoms with Crippen LogP contribution in [0.3, 0.4) is 0 Å². The molecule has 9 heteroatoms. The van der Waals surface area contributed by atoms with E-state index in [-0.39, 0.29) is 9.79 Å². The van der Waals surface area contributed by atoms with Crippen LogP contribution in [-0.2, 0) is 9.84 Å². The Hall–Kier alpha value is -2.81. The minimum Gasteiger partial charge on any atom is -0.492 e. The predicted octanol–water partition coefficient (Wildman–Crippen LogP) is 18.9. The first-order chi connectivity index (χ1) is 33.9. The summed E-state index contributed by atoms with van der Waals surface area (Å²) in [6.45, 7) is 16.2. The van der Waals surface area contributed by atoms with Crippen LogP contribution in [0.2, 0.25) is 0 Å². The average molecular weight is 986 g/mol. The zero-order chi connectivity index (χ0) is 49.6. The lowest BCUT2D eigenvalue weighted by molar-refractivity contribution is 0.250. The average Bonchev–Trinajstić information content (AvgIpc) is 3.60. The van der Waals surface area contributed by atoms with Gasteiger partial charge in [-0.1, -0.05) is 234 Å². The summed E-state index contributed by atoms with van der Waals surface area (Å²) >= 11 is 0. The summed E-state index contributed by atoms with van der Waals surface area (Å²) in [6, 6.07) is 3.63. The van der Waals surface area contributed by atoms with Crippen LogP contribution in [0.5, 0.6) is 34.5 Å². The quantitative estimate of drug-likeness (QED) is 0.0517. The molecular weight excluding hydrogens is 881 g/mol. The lowest BCUT2D eigenvalue weighted by Crippen LogP contribution is -2.09. The summed E-state index contributed by atoms with van der Waals surface area (Å²) in [4.78, 5) is 0.269. The molecule has 69 heavy (non-hydrogen) atoms. The molecule has 0 fully saturated rings. The van der Waals surface area contributed by atoms with Crippen LogP contribution < -0.4 is 28.4 Å². The molecule has 0 saturated carbocycles. The Morgan fingerprint density at radius 1 is 0.275 bits per heavy atom. The molecule has 1 aliphatic heterocycles. The van der Waals surface area contributed by atoms with Gasteiger partial charge in [0.2, 0.25) is 9.84 Å². The van der Waals surface area contributed by atoms with Gasteiger partial charge in [-0.3, -0.25) is 0 Å². The second-order valence-electron chi connectivity index (χ2n) is 20.0. The highest BCUT2D eigenvalue weighted by molar-refractivity contribution is 7.92. The summed E-state index contributed by atoms with van der Waals surface area (Å²) in [7, 11) is -4.20. The van der Waals surface area contributed by atoms with Gasteiger partial charge < -0.3 is 28.4 Å². The Balaban J connectivity index is 2.26. The summed E-state index contributed by atoms with van der Waals surface area (Å²) in [6.07, 6.45) is 40.3. The maximum Gasteiger partial charge on any atom is 0.215 e. The van der Waals surface area contributed by atoms with Crippen molar-refractivity contribution in [2.24, 2.45) is 0 Å². The van der Waals surface area contributed by atoms with E-state index in [0.717, 1.165) is 103 Å². The molecule has 0 saturated heterocycles. The number of fused-ring (bicyclic) bond motifs is 3. The van der Waals surface area contributed by atoms with Crippen molar-refractivity contribution in [1.82, 2.24) is 0 Å². The van der Waals surface area contributed by atoms with Gasteiger partial charge in [0, 0.05) is 12.1 Å². The molecule has 1 aliphatic rings. The topological polar surface area (TPSA) is 89.5 Å². The van der Waals surface area contributed by atoms with Gasteiger partial charge in [0.05, 0.1) is 50.8 Å². The van der Waals surface area contributed by atoms with E-state index in [1.165, 1.54) is 128 Å². The van der Waals surface area contributed by atoms with E-state index in [9.17, 15) is 0 Å². The highest BCUT2D eigenvalue weighted by Crippen LogP contribution is 2.62. The first kappa shape index (κ1) is 60.5. The molecular formula is C60H104O8S. The third-order valence-corrected chi connectivity index (χ3v) is 15.5. The molecule has 0 amide bonds. The third kappa shape index (κ3) is 22.7. The largest absolute Gasteiger partial charge is 0.492 e. The van der Waals surface area contributed by atoms with E-state index in [2.05, 4.69) is 41.5 Å². The van der Waals surface area contributed by atoms with Crippen LogP contribution in [0.4, 0.5) is 0 Å². The van der Waals surface area contributed by atoms with Gasteiger partial charge in [-0.15, -0.1) is 0 Å². The Morgan fingerprint density at radius 2 is 0.478 bits per heavy atom. The lowest BCUT2D eigenvalue weighted by Gasteiger charge is -2.22. The molecule has 398 valence electrons. The fraction of sp³-hybridized carbons (Fsp3) is 0.800. The molecule has 0 unspecified atom stereocenters. The maximum absolute atomic E-state index is 15.6. The smallest absolute Gasteiger partial charge is 0.215 e. The third-order valence-electron chi connectivity index (χ3n) is 13.6. The van der Waals surface area contributed by atoms with E-state index in [0.29, 0.717) is 85.3 Å². The fourth-order valence-electron chi connectivity index (χ4n) is 9.38. The number of unbranched alkanes of at least 4 members (excludes halogenated alkanes) is 30. The lowest BCUT2D eigenvalue weighted by atomic mass is 10.0. The number of benzene rings is 2. The van der Waals surface area contributed by atoms with Crippen molar-refractivity contribution in [2.45, 2.75) is 282 Å². The van der Waals surface area contributed by atoms with Crippen molar-refractivity contribution in [1.29, 1.82) is 0 Å². The van der Waals surface area contributed by atoms with Crippen molar-refractivity contribution in [2.75, 3.05) is 39.6 Å². The van der Waals surface area contributed by atoms with Crippen LogP contribution in [-0.4, -0.2) is 48.1 Å². The van der Waals surface area contributed by atoms with Crippen molar-refractivity contribution in [3.05, 3.63) is 12.1 Å². The minimum atomic E-state index is -4.20. The van der Waals surface area contributed by atoms with Crippen molar-refractivity contribution in [3.8, 4) is 45.6 Å². The first-order valence-electron chi connectivity index (χ1n) is 29.3. The molecule has 0 aliphatic carbocycles. The molecule has 2 aromatic rings. The van der Waals surface area contributed by atoms with Gasteiger partial charge in [-0.25, -0.2) is 8.42 Å². The SMILES string of the molecule is CCCCCCCCOc1cc(OCCCCCCCC)c2c(c1OCCCCCCCC)-c1c(OCCCCCCCC)c(OCCCCCCCC)cc(OCCCCCCCC)c1S2(=O)=O. The van der Waals surface area contributed by atoms with Crippen LogP contribution in [0.25, 0.3) is 11.1 Å². The summed E-state index contributed by atoms with van der Waals surface area (Å²) in [5, 5.41) is 0. The number of hydrogen-bond acceptors (Lipinski definition) is 8. The molecule has 0 N–H and O–H groups in total. The van der Waals surface area contributed by atoms with E-state index in [4.69, 9.17) is 28.4 Å². The van der Waals surface area contributed by atoms with E-state index >= 15 is 8.42 Å². The molecule has 0 bridgehead atoms. The van der Waals surface area contributed by atoms with E-state index in [1.807, 2.05) is 12.1 Å². The Bertz CT molecular complexity index is 1590. The number of sulfone groups is 1. The van der Waals surface area contributed by atoms with Crippen LogP contribution in [0.1, 0.15) is 273 Å². The highest BCUT2D eigenvalue weighted by Gasteiger charge is 2.46. The zero-order valence-corrected chi connectivity index (χ0v) is 46.3. The molecule has 1 heterocycles. The second kappa shape index (κ2) is 38.8. The Labute approximate surface area is 424 Å². The van der Waals surface area contributed by atoms with Gasteiger partial charge >= 0.3 is 0 Å². The summed E-state index contributed by atoms with van der Waals surface area (Å²) < 4.78 is 71.9. The summed E-state index contributed by atoms with van der Waals surface area (Å²) in [5.41, 5.74) is 0.948. The van der Waals surface area contributed by atoms with E-state index < -0.39 is 9.84 Å². The maximum atomic E-state index is 15.6. The predicted molar refractivity (Wildman–Crippen MR) is 291 cm³/mol. The zero-order valence-electron chi connectivity index (χ0n) is 45.5. The normalized spacial score (nSPS) is 12.6. The molecule has 0 aromatic heterocycles. The number of rotatable bonds is 48. The Morgan fingerprint density at radius 3 is 0.725 bits per heavy atom. The van der Waals surface area contributed by atoms with Gasteiger partial charge in [0.25, 0.3) is 0 Å². The van der Waals surface area contributed by atoms with Crippen molar-refractivity contribution in [3.63, 3.8) is 0 Å². The fourth-order valence-corrected chi connectivity index (χ4v) is 11.3. The first-order valence-corrected chi connectivity index (χ1v) is 30.8. The highest BCUT2D eigenvalue weighted by atomic mass is 32.2. The number of ether oxygens (including phenoxy) is 6. The van der Waals surface area contributed by atoms with E-state index in [1.54, 1.807) is 0 Å². The molecule has 0 atom stereocenters. The van der Waals surface area contributed by atoms with Crippen LogP contribution >= 0.6 is 0 Å². The molecule has 3 rings (SSSR count). The van der Waals surface area contributed by atoms with Crippen LogP contribution in [0, 0.1) is 0 Å². The molecule has 2 aromatic carbocycles. The van der Waals surface area contributed by atoms with Crippen molar-refractivity contribution < 1.29 is 36.8 Å². The summed E-state index contributed by atoms with van der Waals surface area (Å²) in [5.74, 6) is 2.61.